The highest BCUT2D eigenvalue weighted by Crippen LogP contribution is 2.27. The number of nitrogens with zero attached hydrogens (tertiary/aromatic N) is 2. The standard InChI is InChI=1S/C21H23N3O3S/c1-15(2)11-22-19(25)14-27-21(26)17-13-24(12-16-7-4-3-5-8-16)23-20(17)18-9-6-10-28-18/h3-10,13,15H,11-12,14H2,1-2H3,(H,22,25). The maximum Gasteiger partial charge on any atom is 0.342 e. The molecule has 7 heteroatoms. The number of thiophene rings is 1. The van der Waals surface area contributed by atoms with Gasteiger partial charge in [0.1, 0.15) is 11.3 Å². The molecule has 0 saturated heterocycles. The zero-order chi connectivity index (χ0) is 19.9. The Kier molecular flexibility index (Phi) is 6.60. The van der Waals surface area contributed by atoms with Gasteiger partial charge < -0.3 is 10.1 Å². The Morgan fingerprint density at radius 3 is 2.64 bits per heavy atom. The first-order valence-electron chi connectivity index (χ1n) is 9.12. The first-order valence-corrected chi connectivity index (χ1v) is 10.00. The molecule has 0 saturated carbocycles. The number of hydrogen-bond acceptors (Lipinski definition) is 5. The third-order valence-corrected chi connectivity index (χ3v) is 4.84. The molecule has 0 radical (unpaired) electrons. The fourth-order valence-electron chi connectivity index (χ4n) is 2.60. The molecule has 146 valence electrons. The van der Waals surface area contributed by atoms with E-state index < -0.39 is 5.97 Å². The van der Waals surface area contributed by atoms with Gasteiger partial charge in [0.2, 0.25) is 0 Å². The lowest BCUT2D eigenvalue weighted by atomic mass is 10.2. The van der Waals surface area contributed by atoms with Crippen LogP contribution in [0.25, 0.3) is 10.6 Å². The highest BCUT2D eigenvalue weighted by Gasteiger charge is 2.21. The minimum absolute atomic E-state index is 0.306. The Morgan fingerprint density at radius 1 is 1.18 bits per heavy atom. The minimum atomic E-state index is -0.553. The van der Waals surface area contributed by atoms with Crippen LogP contribution in [-0.4, -0.2) is 34.8 Å². The summed E-state index contributed by atoms with van der Waals surface area (Å²) in [4.78, 5) is 25.3. The van der Waals surface area contributed by atoms with Gasteiger partial charge in [-0.05, 0) is 22.9 Å². The molecule has 28 heavy (non-hydrogen) atoms. The first-order chi connectivity index (χ1) is 13.5. The topological polar surface area (TPSA) is 73.2 Å². The minimum Gasteiger partial charge on any atom is -0.452 e. The number of esters is 1. The van der Waals surface area contributed by atoms with Crippen molar-refractivity contribution in [2.24, 2.45) is 5.92 Å². The average Bonchev–Trinajstić information content (AvgIpc) is 3.35. The molecule has 0 aliphatic heterocycles. The second kappa shape index (κ2) is 9.32. The second-order valence-corrected chi connectivity index (χ2v) is 7.77. The highest BCUT2D eigenvalue weighted by atomic mass is 32.1. The van der Waals surface area contributed by atoms with Crippen LogP contribution in [0.3, 0.4) is 0 Å². The van der Waals surface area contributed by atoms with Gasteiger partial charge in [-0.1, -0.05) is 50.2 Å². The maximum absolute atomic E-state index is 12.6. The molecular formula is C21H23N3O3S. The molecule has 0 aliphatic carbocycles. The number of carbonyl (C=O) groups excluding carboxylic acids is 2. The number of aromatic nitrogens is 2. The van der Waals surface area contributed by atoms with Crippen molar-refractivity contribution < 1.29 is 14.3 Å². The molecular weight excluding hydrogens is 374 g/mol. The third-order valence-electron chi connectivity index (χ3n) is 3.97. The largest absolute Gasteiger partial charge is 0.452 e. The SMILES string of the molecule is CC(C)CNC(=O)COC(=O)c1cn(Cc2ccccc2)nc1-c1cccs1. The van der Waals surface area contributed by atoms with Crippen molar-refractivity contribution in [1.29, 1.82) is 0 Å². The van der Waals surface area contributed by atoms with Crippen molar-refractivity contribution in [3.05, 3.63) is 65.2 Å². The van der Waals surface area contributed by atoms with E-state index in [0.29, 0.717) is 30.3 Å². The number of benzene rings is 1. The van der Waals surface area contributed by atoms with Gasteiger partial charge in [0, 0.05) is 12.7 Å². The molecule has 3 rings (SSSR count). The summed E-state index contributed by atoms with van der Waals surface area (Å²) in [6.07, 6.45) is 1.68. The monoisotopic (exact) mass is 397 g/mol. The lowest BCUT2D eigenvalue weighted by Gasteiger charge is -2.08. The van der Waals surface area contributed by atoms with Crippen molar-refractivity contribution in [2.75, 3.05) is 13.2 Å². The van der Waals surface area contributed by atoms with Gasteiger partial charge in [-0.15, -0.1) is 11.3 Å². The Morgan fingerprint density at radius 2 is 1.96 bits per heavy atom. The van der Waals surface area contributed by atoms with E-state index >= 15 is 0 Å². The van der Waals surface area contributed by atoms with Gasteiger partial charge in [0.25, 0.3) is 5.91 Å². The zero-order valence-corrected chi connectivity index (χ0v) is 16.7. The molecule has 2 heterocycles. The Hall–Kier alpha value is -2.93. The van der Waals surface area contributed by atoms with Gasteiger partial charge in [0.15, 0.2) is 6.61 Å². The first kappa shape index (κ1) is 19.8. The van der Waals surface area contributed by atoms with Crippen LogP contribution in [0.2, 0.25) is 0 Å². The van der Waals surface area contributed by atoms with Crippen molar-refractivity contribution in [3.63, 3.8) is 0 Å². The van der Waals surface area contributed by atoms with Crippen LogP contribution in [-0.2, 0) is 16.1 Å². The molecule has 0 atom stereocenters. The number of nitrogens with one attached hydrogen (secondary N) is 1. The van der Waals surface area contributed by atoms with Gasteiger partial charge in [-0.3, -0.25) is 9.48 Å². The summed E-state index contributed by atoms with van der Waals surface area (Å²) >= 11 is 1.50. The summed E-state index contributed by atoms with van der Waals surface area (Å²) in [6.45, 7) is 4.79. The molecule has 1 aromatic carbocycles. The summed E-state index contributed by atoms with van der Waals surface area (Å²) in [7, 11) is 0. The summed E-state index contributed by atoms with van der Waals surface area (Å²) in [5.74, 6) is -0.528. The predicted octanol–water partition coefficient (Wildman–Crippen LogP) is 3.59. The van der Waals surface area contributed by atoms with E-state index in [2.05, 4.69) is 10.4 Å². The third kappa shape index (κ3) is 5.29. The van der Waals surface area contributed by atoms with Crippen LogP contribution in [0, 0.1) is 5.92 Å². The van der Waals surface area contributed by atoms with Crippen molar-refractivity contribution in [1.82, 2.24) is 15.1 Å². The van der Waals surface area contributed by atoms with E-state index in [0.717, 1.165) is 10.4 Å². The Bertz CT molecular complexity index is 918. The number of hydrogen-bond donors (Lipinski definition) is 1. The van der Waals surface area contributed by atoms with Gasteiger partial charge >= 0.3 is 5.97 Å². The Labute approximate surface area is 168 Å². The van der Waals surface area contributed by atoms with Gasteiger partial charge in [0.05, 0.1) is 11.4 Å². The fraction of sp³-hybridized carbons (Fsp3) is 0.286. The van der Waals surface area contributed by atoms with E-state index in [1.165, 1.54) is 11.3 Å². The number of carbonyl (C=O) groups is 2. The zero-order valence-electron chi connectivity index (χ0n) is 15.9. The second-order valence-electron chi connectivity index (χ2n) is 6.83. The van der Waals surface area contributed by atoms with Crippen LogP contribution in [0.1, 0.15) is 29.8 Å². The van der Waals surface area contributed by atoms with Crippen LogP contribution in [0.4, 0.5) is 0 Å². The number of amides is 1. The van der Waals surface area contributed by atoms with Crippen LogP contribution in [0.15, 0.2) is 54.0 Å². The molecule has 1 amide bonds. The molecule has 0 spiro atoms. The summed E-state index contributed by atoms with van der Waals surface area (Å²) in [5, 5.41) is 9.25. The van der Waals surface area contributed by atoms with Crippen LogP contribution >= 0.6 is 11.3 Å². The van der Waals surface area contributed by atoms with Crippen molar-refractivity contribution in [3.8, 4) is 10.6 Å². The quantitative estimate of drug-likeness (QED) is 0.590. The normalized spacial score (nSPS) is 10.8. The number of rotatable bonds is 8. The Balaban J connectivity index is 1.75. The predicted molar refractivity (Wildman–Crippen MR) is 109 cm³/mol. The summed E-state index contributed by atoms with van der Waals surface area (Å²) in [6, 6.07) is 13.7. The molecule has 1 N–H and O–H groups in total. The van der Waals surface area contributed by atoms with E-state index in [1.807, 2.05) is 61.7 Å². The van der Waals surface area contributed by atoms with Crippen LogP contribution < -0.4 is 5.32 Å². The van der Waals surface area contributed by atoms with Gasteiger partial charge in [-0.2, -0.15) is 5.10 Å². The lowest BCUT2D eigenvalue weighted by Crippen LogP contribution is -2.31. The molecule has 3 aromatic rings. The lowest BCUT2D eigenvalue weighted by molar-refractivity contribution is -0.124. The fourth-order valence-corrected chi connectivity index (χ4v) is 3.32. The summed E-state index contributed by atoms with van der Waals surface area (Å²) in [5.41, 5.74) is 2.00. The van der Waals surface area contributed by atoms with Gasteiger partial charge in [-0.25, -0.2) is 4.79 Å². The van der Waals surface area contributed by atoms with Crippen molar-refractivity contribution >= 4 is 23.2 Å². The van der Waals surface area contributed by atoms with Crippen LogP contribution in [0.5, 0.6) is 0 Å². The summed E-state index contributed by atoms with van der Waals surface area (Å²) < 4.78 is 6.95. The van der Waals surface area contributed by atoms with E-state index in [4.69, 9.17) is 4.74 Å². The molecule has 0 unspecified atom stereocenters. The molecule has 2 aromatic heterocycles. The maximum atomic E-state index is 12.6. The van der Waals surface area contributed by atoms with E-state index in [-0.39, 0.29) is 12.5 Å². The smallest absolute Gasteiger partial charge is 0.342 e. The van der Waals surface area contributed by atoms with E-state index in [1.54, 1.807) is 10.9 Å². The molecule has 0 aliphatic rings. The average molecular weight is 398 g/mol. The van der Waals surface area contributed by atoms with Crippen molar-refractivity contribution in [2.45, 2.75) is 20.4 Å². The molecule has 0 fully saturated rings. The number of ether oxygens (including phenoxy) is 1. The highest BCUT2D eigenvalue weighted by molar-refractivity contribution is 7.13. The van der Waals surface area contributed by atoms with E-state index in [9.17, 15) is 9.59 Å². The molecule has 0 bridgehead atoms. The molecule has 6 nitrogen and oxygen atoms in total.